The Balaban J connectivity index is 1.88. The van der Waals surface area contributed by atoms with Crippen molar-refractivity contribution in [1.29, 1.82) is 0 Å². The van der Waals surface area contributed by atoms with Gasteiger partial charge in [-0.25, -0.2) is 4.79 Å². The van der Waals surface area contributed by atoms with Crippen LogP contribution >= 0.6 is 23.4 Å². The molecule has 2 amide bonds. The highest BCUT2D eigenvalue weighted by molar-refractivity contribution is 7.98. The van der Waals surface area contributed by atoms with Gasteiger partial charge in [-0.3, -0.25) is 9.59 Å². The zero-order valence-electron chi connectivity index (χ0n) is 15.6. The normalized spacial score (nSPS) is 15.9. The van der Waals surface area contributed by atoms with Gasteiger partial charge in [0.2, 0.25) is 5.91 Å². The number of nitrogens with zero attached hydrogens (tertiary/aromatic N) is 1. The average Bonchev–Trinajstić information content (AvgIpc) is 2.70. The lowest BCUT2D eigenvalue weighted by Gasteiger charge is -2.32. The molecule has 0 unspecified atom stereocenters. The summed E-state index contributed by atoms with van der Waals surface area (Å²) in [5, 5.41) is 3.40. The first-order chi connectivity index (χ1) is 13.0. The lowest BCUT2D eigenvalue weighted by atomic mass is 9.95. The molecule has 2 rings (SSSR count). The van der Waals surface area contributed by atoms with E-state index in [4.69, 9.17) is 16.3 Å². The Hall–Kier alpha value is -1.73. The van der Waals surface area contributed by atoms with E-state index in [0.717, 1.165) is 5.75 Å². The Morgan fingerprint density at radius 1 is 1.26 bits per heavy atom. The van der Waals surface area contributed by atoms with Crippen molar-refractivity contribution in [3.8, 4) is 0 Å². The number of rotatable bonds is 7. The molecule has 1 N–H and O–H groups in total. The average molecular weight is 413 g/mol. The molecule has 1 aliphatic heterocycles. The quantitative estimate of drug-likeness (QED) is 0.696. The largest absolute Gasteiger partial charge is 0.467 e. The Morgan fingerprint density at radius 2 is 1.89 bits per heavy atom. The van der Waals surface area contributed by atoms with E-state index in [1.165, 1.54) is 7.11 Å². The molecule has 0 aromatic heterocycles. The Labute approximate surface area is 169 Å². The summed E-state index contributed by atoms with van der Waals surface area (Å²) in [5.74, 6) is -0.0786. The lowest BCUT2D eigenvalue weighted by Crippen LogP contribution is -2.48. The molecule has 1 fully saturated rings. The van der Waals surface area contributed by atoms with Crippen molar-refractivity contribution in [3.05, 3.63) is 34.9 Å². The molecule has 1 aliphatic rings. The second kappa shape index (κ2) is 10.6. The maximum atomic E-state index is 12.5. The summed E-state index contributed by atoms with van der Waals surface area (Å²) in [5.41, 5.74) is 0.588. The number of piperidine rings is 1. The number of thioether (sulfide) groups is 1. The number of halogens is 1. The van der Waals surface area contributed by atoms with E-state index in [2.05, 4.69) is 5.32 Å². The number of amides is 2. The smallest absolute Gasteiger partial charge is 0.328 e. The van der Waals surface area contributed by atoms with Gasteiger partial charge >= 0.3 is 5.97 Å². The minimum atomic E-state index is -0.622. The summed E-state index contributed by atoms with van der Waals surface area (Å²) in [6.45, 7) is 1.01. The van der Waals surface area contributed by atoms with Gasteiger partial charge in [0.05, 0.1) is 7.11 Å². The summed E-state index contributed by atoms with van der Waals surface area (Å²) < 4.78 is 4.78. The van der Waals surface area contributed by atoms with E-state index in [1.807, 2.05) is 6.26 Å². The third kappa shape index (κ3) is 6.14. The number of hydrogen-bond acceptors (Lipinski definition) is 5. The zero-order valence-corrected chi connectivity index (χ0v) is 17.1. The molecular weight excluding hydrogens is 388 g/mol. The van der Waals surface area contributed by atoms with Crippen molar-refractivity contribution in [3.63, 3.8) is 0 Å². The highest BCUT2D eigenvalue weighted by Gasteiger charge is 2.30. The number of ether oxygens (including phenoxy) is 1. The van der Waals surface area contributed by atoms with Gasteiger partial charge in [0.25, 0.3) is 5.91 Å². The predicted octanol–water partition coefficient (Wildman–Crippen LogP) is 2.60. The molecule has 1 aromatic rings. The molecule has 0 saturated carbocycles. The van der Waals surface area contributed by atoms with Crippen LogP contribution in [0.15, 0.2) is 24.3 Å². The van der Waals surface area contributed by atoms with Crippen LogP contribution in [0.5, 0.6) is 0 Å². The minimum absolute atomic E-state index is 0.0575. The van der Waals surface area contributed by atoms with Crippen LogP contribution in [0.1, 0.15) is 29.6 Å². The van der Waals surface area contributed by atoms with Crippen molar-refractivity contribution < 1.29 is 19.1 Å². The fourth-order valence-corrected chi connectivity index (χ4v) is 3.63. The molecular formula is C19H25ClN2O4S. The fraction of sp³-hybridized carbons (Fsp3) is 0.526. The number of esters is 1. The SMILES string of the molecule is COC(=O)[C@H](CCSC)NC(=O)C1CCN(C(=O)c2ccc(Cl)cc2)CC1. The van der Waals surface area contributed by atoms with Crippen molar-refractivity contribution in [2.75, 3.05) is 32.2 Å². The molecule has 0 aliphatic carbocycles. The summed E-state index contributed by atoms with van der Waals surface area (Å²) >= 11 is 7.47. The number of likely N-dealkylation sites (tertiary alicyclic amines) is 1. The van der Waals surface area contributed by atoms with Crippen molar-refractivity contribution in [1.82, 2.24) is 10.2 Å². The molecule has 148 valence electrons. The van der Waals surface area contributed by atoms with Crippen LogP contribution in [-0.4, -0.2) is 60.9 Å². The second-order valence-corrected chi connectivity index (χ2v) is 7.86. The van der Waals surface area contributed by atoms with Crippen LogP contribution < -0.4 is 5.32 Å². The number of methoxy groups -OCH3 is 1. The van der Waals surface area contributed by atoms with Gasteiger partial charge in [0.15, 0.2) is 0 Å². The van der Waals surface area contributed by atoms with Gasteiger partial charge in [-0.15, -0.1) is 0 Å². The van der Waals surface area contributed by atoms with E-state index in [-0.39, 0.29) is 17.7 Å². The first-order valence-corrected chi connectivity index (χ1v) is 10.7. The summed E-state index contributed by atoms with van der Waals surface area (Å²) in [6, 6.07) is 6.17. The van der Waals surface area contributed by atoms with E-state index in [0.29, 0.717) is 42.9 Å². The maximum absolute atomic E-state index is 12.5. The first kappa shape index (κ1) is 21.6. The molecule has 1 atom stereocenters. The molecule has 6 nitrogen and oxygen atoms in total. The Kier molecular flexibility index (Phi) is 8.44. The number of hydrogen-bond donors (Lipinski definition) is 1. The lowest BCUT2D eigenvalue weighted by molar-refractivity contribution is -0.145. The van der Waals surface area contributed by atoms with Crippen LogP contribution in [0.4, 0.5) is 0 Å². The maximum Gasteiger partial charge on any atom is 0.328 e. The third-order valence-electron chi connectivity index (χ3n) is 4.66. The van der Waals surface area contributed by atoms with Crippen molar-refractivity contribution >= 4 is 41.1 Å². The second-order valence-electron chi connectivity index (χ2n) is 6.44. The number of carbonyl (C=O) groups is 3. The van der Waals surface area contributed by atoms with Crippen molar-refractivity contribution in [2.45, 2.75) is 25.3 Å². The zero-order chi connectivity index (χ0) is 19.8. The summed E-state index contributed by atoms with van der Waals surface area (Å²) in [4.78, 5) is 38.7. The number of benzene rings is 1. The monoisotopic (exact) mass is 412 g/mol. The van der Waals surface area contributed by atoms with Crippen LogP contribution in [0.2, 0.25) is 5.02 Å². The Bertz CT molecular complexity index is 660. The van der Waals surface area contributed by atoms with E-state index >= 15 is 0 Å². The molecule has 8 heteroatoms. The highest BCUT2D eigenvalue weighted by Crippen LogP contribution is 2.20. The van der Waals surface area contributed by atoms with Gasteiger partial charge in [-0.2, -0.15) is 11.8 Å². The minimum Gasteiger partial charge on any atom is -0.467 e. The van der Waals surface area contributed by atoms with Crippen LogP contribution in [0, 0.1) is 5.92 Å². The standard InChI is InChI=1S/C19H25ClN2O4S/c1-26-19(25)16(9-12-27-2)21-17(23)13-7-10-22(11-8-13)18(24)14-3-5-15(20)6-4-14/h3-6,13,16H,7-12H2,1-2H3,(H,21,23)/t16-/m0/s1. The molecule has 0 spiro atoms. The van der Waals surface area contributed by atoms with E-state index in [1.54, 1.807) is 40.9 Å². The van der Waals surface area contributed by atoms with Gasteiger partial charge in [-0.1, -0.05) is 11.6 Å². The first-order valence-electron chi connectivity index (χ1n) is 8.88. The Morgan fingerprint density at radius 3 is 2.44 bits per heavy atom. The van der Waals surface area contributed by atoms with Gasteiger partial charge in [0, 0.05) is 29.6 Å². The fourth-order valence-electron chi connectivity index (χ4n) is 3.04. The number of carbonyl (C=O) groups excluding carboxylic acids is 3. The third-order valence-corrected chi connectivity index (χ3v) is 5.55. The van der Waals surface area contributed by atoms with Gasteiger partial charge < -0.3 is 15.0 Å². The molecule has 1 heterocycles. The summed E-state index contributed by atoms with van der Waals surface area (Å²) in [6.07, 6.45) is 3.63. The topological polar surface area (TPSA) is 75.7 Å². The molecule has 0 bridgehead atoms. The van der Waals surface area contributed by atoms with Gasteiger partial charge in [0.1, 0.15) is 6.04 Å². The van der Waals surface area contributed by atoms with E-state index < -0.39 is 12.0 Å². The predicted molar refractivity (Wildman–Crippen MR) is 107 cm³/mol. The summed E-state index contributed by atoms with van der Waals surface area (Å²) in [7, 11) is 1.32. The number of nitrogens with one attached hydrogen (secondary N) is 1. The molecule has 1 aromatic carbocycles. The molecule has 0 radical (unpaired) electrons. The van der Waals surface area contributed by atoms with E-state index in [9.17, 15) is 14.4 Å². The van der Waals surface area contributed by atoms with Gasteiger partial charge in [-0.05, 0) is 55.5 Å². The van der Waals surface area contributed by atoms with Crippen molar-refractivity contribution in [2.24, 2.45) is 5.92 Å². The highest BCUT2D eigenvalue weighted by atomic mass is 35.5. The van der Waals surface area contributed by atoms with Crippen LogP contribution in [0.25, 0.3) is 0 Å². The van der Waals surface area contributed by atoms with Crippen LogP contribution in [-0.2, 0) is 14.3 Å². The molecule has 1 saturated heterocycles. The molecule has 27 heavy (non-hydrogen) atoms. The van der Waals surface area contributed by atoms with Crippen LogP contribution in [0.3, 0.4) is 0 Å².